The zero-order valence-electron chi connectivity index (χ0n) is 11.7. The third-order valence-corrected chi connectivity index (χ3v) is 4.60. The number of hydrogen-bond acceptors (Lipinski definition) is 6. The van der Waals surface area contributed by atoms with Gasteiger partial charge in [-0.1, -0.05) is 16.8 Å². The first kappa shape index (κ1) is 16.4. The van der Waals surface area contributed by atoms with Crippen molar-refractivity contribution in [3.8, 4) is 11.4 Å². The second-order valence-corrected chi connectivity index (χ2v) is 7.15. The number of benzene rings is 1. The first-order valence-corrected chi connectivity index (χ1v) is 8.59. The minimum Gasteiger partial charge on any atom is -0.359 e. The molecule has 1 N–H and O–H groups in total. The molecule has 0 atom stereocenters. The van der Waals surface area contributed by atoms with E-state index >= 15 is 0 Å². The Morgan fingerprint density at radius 1 is 1.32 bits per heavy atom. The molecule has 1 heterocycles. The molecular formula is C13H14ClN3O4S. The number of nitrogens with one attached hydrogen (secondary N) is 1. The van der Waals surface area contributed by atoms with Crippen LogP contribution in [0.15, 0.2) is 28.8 Å². The Balaban J connectivity index is 2.05. The lowest BCUT2D eigenvalue weighted by Crippen LogP contribution is -2.22. The van der Waals surface area contributed by atoms with E-state index in [0.29, 0.717) is 10.6 Å². The third-order valence-electron chi connectivity index (χ3n) is 2.83. The lowest BCUT2D eigenvalue weighted by Gasteiger charge is -2.00. The van der Waals surface area contributed by atoms with Crippen LogP contribution in [-0.4, -0.2) is 37.3 Å². The van der Waals surface area contributed by atoms with Crippen LogP contribution >= 0.6 is 11.6 Å². The maximum atomic E-state index is 11.9. The highest BCUT2D eigenvalue weighted by atomic mass is 35.5. The van der Waals surface area contributed by atoms with E-state index in [-0.39, 0.29) is 29.8 Å². The molecule has 0 bridgehead atoms. The molecule has 0 aliphatic heterocycles. The van der Waals surface area contributed by atoms with Gasteiger partial charge >= 0.3 is 0 Å². The number of hydrogen-bond donors (Lipinski definition) is 1. The van der Waals surface area contributed by atoms with Crippen molar-refractivity contribution in [2.75, 3.05) is 12.8 Å². The Bertz CT molecular complexity index is 756. The molecule has 0 radical (unpaired) electrons. The monoisotopic (exact) mass is 343 g/mol. The summed E-state index contributed by atoms with van der Waals surface area (Å²) >= 11 is 5.79. The molecule has 0 saturated carbocycles. The maximum Gasteiger partial charge on any atom is 0.242 e. The number of aromatic nitrogens is 2. The Morgan fingerprint density at radius 2 is 2.00 bits per heavy atom. The van der Waals surface area contributed by atoms with Gasteiger partial charge in [-0.15, -0.1) is 0 Å². The average Bonchev–Trinajstić information content (AvgIpc) is 2.93. The summed E-state index contributed by atoms with van der Waals surface area (Å²) < 4.78 is 28.7. The van der Waals surface area contributed by atoms with Gasteiger partial charge in [0.2, 0.25) is 17.6 Å². The summed E-state index contributed by atoms with van der Waals surface area (Å²) in [6.45, 7) is 0. The summed E-state index contributed by atoms with van der Waals surface area (Å²) in [5, 5.41) is 6.68. The van der Waals surface area contributed by atoms with Crippen LogP contribution in [0.1, 0.15) is 12.3 Å². The Morgan fingerprint density at radius 3 is 2.64 bits per heavy atom. The molecule has 0 unspecified atom stereocenters. The molecule has 0 spiro atoms. The summed E-state index contributed by atoms with van der Waals surface area (Å²) in [6, 6.07) is 6.76. The molecule has 1 aromatic heterocycles. The Hall–Kier alpha value is -1.93. The van der Waals surface area contributed by atoms with Gasteiger partial charge in [-0.2, -0.15) is 4.98 Å². The fourth-order valence-corrected chi connectivity index (χ4v) is 2.92. The normalized spacial score (nSPS) is 11.4. The maximum absolute atomic E-state index is 11.9. The quantitative estimate of drug-likeness (QED) is 0.851. The highest BCUT2D eigenvalue weighted by Crippen LogP contribution is 2.19. The molecular weight excluding hydrogens is 330 g/mol. The number of nitrogens with zero attached hydrogens (tertiary/aromatic N) is 2. The number of rotatable bonds is 6. The first-order chi connectivity index (χ1) is 10.4. The van der Waals surface area contributed by atoms with Gasteiger partial charge in [0, 0.05) is 24.1 Å². The molecule has 0 saturated heterocycles. The second-order valence-electron chi connectivity index (χ2n) is 4.53. The predicted octanol–water partition coefficient (Wildman–Crippen LogP) is 1.44. The summed E-state index contributed by atoms with van der Waals surface area (Å²) in [6.07, 6.45) is -0.100. The van der Waals surface area contributed by atoms with E-state index in [9.17, 15) is 13.2 Å². The number of carbonyl (C=O) groups is 1. The van der Waals surface area contributed by atoms with E-state index < -0.39 is 15.6 Å². The molecule has 1 aromatic carbocycles. The summed E-state index contributed by atoms with van der Waals surface area (Å²) in [4.78, 5) is 15.1. The van der Waals surface area contributed by atoms with Gasteiger partial charge < -0.3 is 9.84 Å². The number of halogens is 1. The van der Waals surface area contributed by atoms with Crippen molar-refractivity contribution in [3.63, 3.8) is 0 Å². The fraction of sp³-hybridized carbons (Fsp3) is 0.308. The van der Waals surface area contributed by atoms with Crippen LogP contribution in [0.3, 0.4) is 0 Å². The van der Waals surface area contributed by atoms with Crippen LogP contribution in [0, 0.1) is 0 Å². The van der Waals surface area contributed by atoms with Gasteiger partial charge in [0.1, 0.15) is 5.75 Å². The lowest BCUT2D eigenvalue weighted by molar-refractivity contribution is -0.120. The van der Waals surface area contributed by atoms with Gasteiger partial charge in [-0.3, -0.25) is 4.79 Å². The average molecular weight is 344 g/mol. The minimum absolute atomic E-state index is 0.0122. The van der Waals surface area contributed by atoms with Crippen molar-refractivity contribution in [3.05, 3.63) is 35.2 Å². The van der Waals surface area contributed by atoms with E-state index in [2.05, 4.69) is 15.5 Å². The molecule has 0 fully saturated rings. The molecule has 7 nitrogen and oxygen atoms in total. The molecule has 2 rings (SSSR count). The van der Waals surface area contributed by atoms with Crippen molar-refractivity contribution in [2.45, 2.75) is 12.2 Å². The zero-order chi connectivity index (χ0) is 16.2. The topological polar surface area (TPSA) is 102 Å². The van der Waals surface area contributed by atoms with Crippen molar-refractivity contribution in [1.82, 2.24) is 15.5 Å². The summed E-state index contributed by atoms with van der Waals surface area (Å²) in [5.74, 6) is -0.735. The van der Waals surface area contributed by atoms with Gasteiger partial charge in [0.25, 0.3) is 0 Å². The molecule has 22 heavy (non-hydrogen) atoms. The number of sulfone groups is 1. The van der Waals surface area contributed by atoms with Crippen molar-refractivity contribution >= 4 is 27.3 Å². The van der Waals surface area contributed by atoms with Gasteiger partial charge in [-0.05, 0) is 24.3 Å². The Kier molecular flexibility index (Phi) is 5.15. The SMILES string of the molecule is CNC(=O)CCS(=O)(=O)Cc1nc(-c2ccc(Cl)cc2)no1. The van der Waals surface area contributed by atoms with Crippen LogP contribution in [0.2, 0.25) is 5.02 Å². The molecule has 9 heteroatoms. The van der Waals surface area contributed by atoms with Gasteiger partial charge in [-0.25, -0.2) is 8.42 Å². The largest absolute Gasteiger partial charge is 0.359 e. The molecule has 0 aliphatic carbocycles. The van der Waals surface area contributed by atoms with Crippen molar-refractivity contribution < 1.29 is 17.7 Å². The van der Waals surface area contributed by atoms with Gasteiger partial charge in [0.15, 0.2) is 9.84 Å². The molecule has 1 amide bonds. The number of carbonyl (C=O) groups excluding carboxylic acids is 1. The van der Waals surface area contributed by atoms with Crippen molar-refractivity contribution in [2.24, 2.45) is 0 Å². The highest BCUT2D eigenvalue weighted by molar-refractivity contribution is 7.90. The molecule has 2 aromatic rings. The van der Waals surface area contributed by atoms with E-state index in [0.717, 1.165) is 0 Å². The van der Waals surface area contributed by atoms with Crippen molar-refractivity contribution in [1.29, 1.82) is 0 Å². The fourth-order valence-electron chi connectivity index (χ4n) is 1.66. The van der Waals surface area contributed by atoms with E-state index in [1.165, 1.54) is 7.05 Å². The third kappa shape index (κ3) is 4.54. The molecule has 118 valence electrons. The first-order valence-electron chi connectivity index (χ1n) is 6.39. The van der Waals surface area contributed by atoms with E-state index in [1.54, 1.807) is 24.3 Å². The molecule has 0 aliphatic rings. The smallest absolute Gasteiger partial charge is 0.242 e. The highest BCUT2D eigenvalue weighted by Gasteiger charge is 2.19. The number of amides is 1. The lowest BCUT2D eigenvalue weighted by atomic mass is 10.2. The van der Waals surface area contributed by atoms with Crippen LogP contribution in [0.4, 0.5) is 0 Å². The zero-order valence-corrected chi connectivity index (χ0v) is 13.3. The Labute approximate surface area is 132 Å². The van der Waals surface area contributed by atoms with E-state index in [4.69, 9.17) is 16.1 Å². The predicted molar refractivity (Wildman–Crippen MR) is 80.9 cm³/mol. The van der Waals surface area contributed by atoms with Crippen LogP contribution in [-0.2, 0) is 20.4 Å². The summed E-state index contributed by atoms with van der Waals surface area (Å²) in [5.41, 5.74) is 0.669. The van der Waals surface area contributed by atoms with E-state index in [1.807, 2.05) is 0 Å². The van der Waals surface area contributed by atoms with Crippen LogP contribution < -0.4 is 5.32 Å². The second kappa shape index (κ2) is 6.89. The van der Waals surface area contributed by atoms with Crippen LogP contribution in [0.25, 0.3) is 11.4 Å². The van der Waals surface area contributed by atoms with Gasteiger partial charge in [0.05, 0.1) is 5.75 Å². The van der Waals surface area contributed by atoms with Crippen LogP contribution in [0.5, 0.6) is 0 Å². The standard InChI is InChI=1S/C13H14ClN3O4S/c1-15-11(18)6-7-22(19,20)8-12-16-13(17-21-12)9-2-4-10(14)5-3-9/h2-5H,6-8H2,1H3,(H,15,18). The summed E-state index contributed by atoms with van der Waals surface area (Å²) in [7, 11) is -2.04. The minimum atomic E-state index is -3.49.